The molecule has 2 N–H and O–H groups in total. The van der Waals surface area contributed by atoms with Gasteiger partial charge in [0.1, 0.15) is 5.69 Å². The van der Waals surface area contributed by atoms with Crippen molar-refractivity contribution in [1.82, 2.24) is 25.6 Å². The Morgan fingerprint density at radius 1 is 0.885 bits per heavy atom. The molecule has 0 aliphatic carbocycles. The number of ether oxygens (including phenoxy) is 1. The van der Waals surface area contributed by atoms with Gasteiger partial charge in [0.05, 0.1) is 36.0 Å². The van der Waals surface area contributed by atoms with E-state index in [0.717, 1.165) is 40.1 Å². The first-order chi connectivity index (χ1) is 24.7. The van der Waals surface area contributed by atoms with Crippen molar-refractivity contribution >= 4 is 23.4 Å². The Bertz CT molecular complexity index is 1880. The molecular weight excluding hydrogens is 652 g/mol. The molecule has 10 heteroatoms. The molecule has 0 saturated carbocycles. The lowest BCUT2D eigenvalue weighted by Crippen LogP contribution is -2.46. The van der Waals surface area contributed by atoms with Crippen LogP contribution in [0, 0.1) is 5.92 Å². The molecule has 5 rings (SSSR count). The fourth-order valence-corrected chi connectivity index (χ4v) is 6.69. The van der Waals surface area contributed by atoms with E-state index in [1.54, 1.807) is 11.9 Å². The van der Waals surface area contributed by atoms with Crippen LogP contribution in [-0.4, -0.2) is 57.5 Å². The van der Waals surface area contributed by atoms with Crippen LogP contribution in [0.2, 0.25) is 0 Å². The Morgan fingerprint density at radius 2 is 1.56 bits per heavy atom. The van der Waals surface area contributed by atoms with Crippen LogP contribution in [0.4, 0.5) is 5.69 Å². The third-order valence-corrected chi connectivity index (χ3v) is 9.66. The van der Waals surface area contributed by atoms with E-state index in [0.29, 0.717) is 37.7 Å². The predicted molar refractivity (Wildman–Crippen MR) is 206 cm³/mol. The molecule has 0 radical (unpaired) electrons. The fraction of sp³-hybridized carbons (Fsp3) is 0.452. The Balaban J connectivity index is 1.29. The minimum atomic E-state index is -0.620. The second-order valence-electron chi connectivity index (χ2n) is 15.6. The number of nitrogens with zero attached hydrogens (tertiary/aromatic N) is 4. The monoisotopic (exact) mass is 706 g/mol. The maximum atomic E-state index is 13.6. The van der Waals surface area contributed by atoms with Crippen molar-refractivity contribution in [1.29, 1.82) is 0 Å². The molecule has 276 valence electrons. The number of fused-ring (bicyclic) bond motifs is 5. The summed E-state index contributed by atoms with van der Waals surface area (Å²) < 4.78 is 8.39. The van der Waals surface area contributed by atoms with Crippen molar-refractivity contribution in [2.24, 2.45) is 5.92 Å². The highest BCUT2D eigenvalue weighted by atomic mass is 16.5. The average Bonchev–Trinajstić information content (AvgIpc) is 3.49. The van der Waals surface area contributed by atoms with E-state index in [4.69, 9.17) is 4.74 Å². The lowest BCUT2D eigenvalue weighted by Gasteiger charge is -2.32. The van der Waals surface area contributed by atoms with Crippen molar-refractivity contribution in [3.05, 3.63) is 89.5 Å². The number of hydrogen-bond acceptors (Lipinski definition) is 6. The van der Waals surface area contributed by atoms with E-state index in [-0.39, 0.29) is 36.5 Å². The Hall–Kier alpha value is -4.83. The van der Waals surface area contributed by atoms with Crippen LogP contribution in [0.3, 0.4) is 0 Å². The standard InChI is InChI=1S/C42H54N6O4/c1-28(2)25-30-17-19-31(20-18-30)29(3)40(51)44-41(4,5)23-24-52-42(6,7)27-48-39-33-14-10-9-13-32(33)26-47(37(50)22-21-36(49)43-8)35-16-12-11-15-34(35)38(39)45-46-48/h9-20,28-29H,21-27H2,1-8H3,(H,43,49)(H,44,51). The number of carbonyl (C=O) groups excluding carboxylic acids is 3. The average molecular weight is 707 g/mol. The highest BCUT2D eigenvalue weighted by Crippen LogP contribution is 2.41. The molecule has 0 fully saturated rings. The van der Waals surface area contributed by atoms with Crippen molar-refractivity contribution < 1.29 is 19.1 Å². The number of aromatic nitrogens is 3. The van der Waals surface area contributed by atoms with Crippen LogP contribution >= 0.6 is 0 Å². The number of amides is 3. The van der Waals surface area contributed by atoms with Gasteiger partial charge in [-0.1, -0.05) is 85.8 Å². The van der Waals surface area contributed by atoms with E-state index in [9.17, 15) is 14.4 Å². The van der Waals surface area contributed by atoms with E-state index in [1.165, 1.54) is 5.56 Å². The molecular formula is C42H54N6O4. The number of carbonyl (C=O) groups is 3. The molecule has 1 aromatic heterocycles. The van der Waals surface area contributed by atoms with Crippen LogP contribution in [0.5, 0.6) is 0 Å². The summed E-state index contributed by atoms with van der Waals surface area (Å²) in [6.45, 7) is 15.7. The summed E-state index contributed by atoms with van der Waals surface area (Å²) in [5.74, 6) is -0.000893. The number of para-hydroxylation sites is 1. The lowest BCUT2D eigenvalue weighted by molar-refractivity contribution is -0.125. The zero-order valence-corrected chi connectivity index (χ0v) is 32.0. The summed E-state index contributed by atoms with van der Waals surface area (Å²) in [4.78, 5) is 40.6. The lowest BCUT2D eigenvalue weighted by atomic mass is 9.94. The molecule has 52 heavy (non-hydrogen) atoms. The third-order valence-electron chi connectivity index (χ3n) is 9.66. The predicted octanol–water partition coefficient (Wildman–Crippen LogP) is 7.07. The first-order valence-corrected chi connectivity index (χ1v) is 18.3. The molecule has 0 saturated heterocycles. The minimum absolute atomic E-state index is 0.00670. The summed E-state index contributed by atoms with van der Waals surface area (Å²) in [5.41, 5.74) is 6.13. The smallest absolute Gasteiger partial charge is 0.227 e. The Kier molecular flexibility index (Phi) is 12.0. The van der Waals surface area contributed by atoms with E-state index in [2.05, 4.69) is 59.1 Å². The maximum Gasteiger partial charge on any atom is 0.227 e. The largest absolute Gasteiger partial charge is 0.374 e. The molecule has 1 unspecified atom stereocenters. The van der Waals surface area contributed by atoms with Gasteiger partial charge >= 0.3 is 0 Å². The second-order valence-corrected chi connectivity index (χ2v) is 15.6. The summed E-state index contributed by atoms with van der Waals surface area (Å²) >= 11 is 0. The highest BCUT2D eigenvalue weighted by molar-refractivity contribution is 6.01. The molecule has 0 bridgehead atoms. The highest BCUT2D eigenvalue weighted by Gasteiger charge is 2.32. The van der Waals surface area contributed by atoms with Gasteiger partial charge in [-0.25, -0.2) is 4.68 Å². The van der Waals surface area contributed by atoms with Crippen molar-refractivity contribution in [2.45, 2.75) is 104 Å². The fourth-order valence-electron chi connectivity index (χ4n) is 6.69. The minimum Gasteiger partial charge on any atom is -0.374 e. The van der Waals surface area contributed by atoms with Crippen LogP contribution in [0.25, 0.3) is 22.5 Å². The van der Waals surface area contributed by atoms with Gasteiger partial charge in [-0.3, -0.25) is 14.4 Å². The molecule has 4 aromatic rings. The zero-order chi connectivity index (χ0) is 37.6. The van der Waals surface area contributed by atoms with Crippen LogP contribution < -0.4 is 15.5 Å². The molecule has 1 aliphatic heterocycles. The molecule has 1 aliphatic rings. The number of hydrogen-bond donors (Lipinski definition) is 2. The van der Waals surface area contributed by atoms with Crippen LogP contribution in [0.1, 0.15) is 90.3 Å². The molecule has 3 amide bonds. The second kappa shape index (κ2) is 16.2. The summed E-state index contributed by atoms with van der Waals surface area (Å²) in [6, 6.07) is 24.1. The van der Waals surface area contributed by atoms with Gasteiger partial charge in [-0.2, -0.15) is 0 Å². The SMILES string of the molecule is CNC(=O)CCC(=O)N1Cc2ccccc2-c2c(nnn2CC(C)(C)OCCC(C)(C)NC(=O)C(C)c2ccc(CC(C)C)cc2)-c2ccccc21. The number of rotatable bonds is 14. The van der Waals surface area contributed by atoms with Gasteiger partial charge < -0.3 is 20.3 Å². The molecule has 2 heterocycles. The van der Waals surface area contributed by atoms with Gasteiger partial charge in [0.2, 0.25) is 17.7 Å². The van der Waals surface area contributed by atoms with Crippen molar-refractivity contribution in [2.75, 3.05) is 18.6 Å². The third kappa shape index (κ3) is 9.33. The quantitative estimate of drug-likeness (QED) is 0.145. The first-order valence-electron chi connectivity index (χ1n) is 18.3. The molecule has 3 aromatic carbocycles. The molecule has 10 nitrogen and oxygen atoms in total. The van der Waals surface area contributed by atoms with Gasteiger partial charge in [-0.05, 0) is 76.1 Å². The van der Waals surface area contributed by atoms with E-state index >= 15 is 0 Å². The topological polar surface area (TPSA) is 118 Å². The van der Waals surface area contributed by atoms with Gasteiger partial charge in [-0.15, -0.1) is 5.10 Å². The van der Waals surface area contributed by atoms with Crippen LogP contribution in [-0.2, 0) is 38.6 Å². The van der Waals surface area contributed by atoms with E-state index < -0.39 is 11.1 Å². The van der Waals surface area contributed by atoms with Crippen LogP contribution in [0.15, 0.2) is 72.8 Å². The Morgan fingerprint density at radius 3 is 2.25 bits per heavy atom. The van der Waals surface area contributed by atoms with E-state index in [1.807, 2.05) is 87.8 Å². The zero-order valence-electron chi connectivity index (χ0n) is 32.0. The maximum absolute atomic E-state index is 13.6. The van der Waals surface area contributed by atoms with Crippen molar-refractivity contribution in [3.8, 4) is 22.5 Å². The first kappa shape index (κ1) is 38.4. The Labute approximate surface area is 308 Å². The van der Waals surface area contributed by atoms with Gasteiger partial charge in [0, 0.05) is 43.2 Å². The summed E-state index contributed by atoms with van der Waals surface area (Å²) in [5, 5.41) is 15.2. The number of benzene rings is 3. The summed E-state index contributed by atoms with van der Waals surface area (Å²) in [7, 11) is 1.57. The summed E-state index contributed by atoms with van der Waals surface area (Å²) in [6.07, 6.45) is 1.85. The van der Waals surface area contributed by atoms with Gasteiger partial charge in [0.15, 0.2) is 0 Å². The van der Waals surface area contributed by atoms with Gasteiger partial charge in [0.25, 0.3) is 0 Å². The van der Waals surface area contributed by atoms with Crippen molar-refractivity contribution in [3.63, 3.8) is 0 Å². The number of anilines is 1. The molecule has 1 atom stereocenters. The molecule has 0 spiro atoms. The normalized spacial score (nSPS) is 13.4. The number of nitrogens with one attached hydrogen (secondary N) is 2.